The van der Waals surface area contributed by atoms with Crippen LogP contribution in [0.2, 0.25) is 5.02 Å². The van der Waals surface area contributed by atoms with E-state index in [2.05, 4.69) is 4.72 Å². The van der Waals surface area contributed by atoms with Gasteiger partial charge in [0.25, 0.3) is 15.7 Å². The van der Waals surface area contributed by atoms with E-state index in [4.69, 9.17) is 11.6 Å². The van der Waals surface area contributed by atoms with Gasteiger partial charge in [-0.1, -0.05) is 23.7 Å². The molecule has 0 radical (unpaired) electrons. The number of benzene rings is 2. The van der Waals surface area contributed by atoms with E-state index >= 15 is 0 Å². The second kappa shape index (κ2) is 5.58. The van der Waals surface area contributed by atoms with Crippen LogP contribution >= 0.6 is 11.6 Å². The Morgan fingerprint density at radius 3 is 2.52 bits per heavy atom. The van der Waals surface area contributed by atoms with Gasteiger partial charge in [0.15, 0.2) is 5.75 Å². The van der Waals surface area contributed by atoms with Gasteiger partial charge in [-0.25, -0.2) is 8.42 Å². The minimum atomic E-state index is -4.08. The number of phenols is 1. The molecule has 0 saturated carbocycles. The zero-order chi connectivity index (χ0) is 15.6. The number of nitro groups is 1. The third-order valence-corrected chi connectivity index (χ3v) is 4.24. The van der Waals surface area contributed by atoms with Crippen molar-refractivity contribution in [3.05, 3.63) is 57.6 Å². The molecule has 7 nitrogen and oxygen atoms in total. The topological polar surface area (TPSA) is 110 Å². The number of hydrogen-bond donors (Lipinski definition) is 2. The Hall–Kier alpha value is -2.32. The fourth-order valence-corrected chi connectivity index (χ4v) is 2.85. The molecule has 2 aromatic rings. The Balaban J connectivity index is 2.41. The summed E-state index contributed by atoms with van der Waals surface area (Å²) in [6.07, 6.45) is 0. The number of nitro benzene ring substituents is 1. The maximum Gasteiger partial charge on any atom is 0.270 e. The Labute approximate surface area is 125 Å². The summed E-state index contributed by atoms with van der Waals surface area (Å²) < 4.78 is 26.4. The summed E-state index contributed by atoms with van der Waals surface area (Å²) in [7, 11) is -4.08. The van der Waals surface area contributed by atoms with Gasteiger partial charge in [0.2, 0.25) is 0 Å². The van der Waals surface area contributed by atoms with Crippen molar-refractivity contribution in [1.82, 2.24) is 0 Å². The number of rotatable bonds is 4. The Kier molecular flexibility index (Phi) is 4.01. The molecule has 0 unspecified atom stereocenters. The summed E-state index contributed by atoms with van der Waals surface area (Å²) >= 11 is 5.68. The first kappa shape index (κ1) is 15.1. The summed E-state index contributed by atoms with van der Waals surface area (Å²) in [5.74, 6) is -0.423. The van der Waals surface area contributed by atoms with Crippen LogP contribution in [0, 0.1) is 10.1 Å². The van der Waals surface area contributed by atoms with Crippen LogP contribution in [0.3, 0.4) is 0 Å². The van der Waals surface area contributed by atoms with Crippen LogP contribution in [0.15, 0.2) is 47.4 Å². The van der Waals surface area contributed by atoms with E-state index in [1.165, 1.54) is 36.4 Å². The van der Waals surface area contributed by atoms with Crippen LogP contribution in [0.1, 0.15) is 0 Å². The van der Waals surface area contributed by atoms with Crippen molar-refractivity contribution in [1.29, 1.82) is 0 Å². The SMILES string of the molecule is O=[N+]([O-])c1cccc(S(=O)(=O)Nc2cccc(Cl)c2O)c1. The van der Waals surface area contributed by atoms with E-state index in [9.17, 15) is 23.6 Å². The van der Waals surface area contributed by atoms with Crippen molar-refractivity contribution in [3.8, 4) is 5.75 Å². The Morgan fingerprint density at radius 1 is 1.19 bits per heavy atom. The number of hydrogen-bond acceptors (Lipinski definition) is 5. The highest BCUT2D eigenvalue weighted by atomic mass is 35.5. The number of halogens is 1. The van der Waals surface area contributed by atoms with E-state index in [1.807, 2.05) is 0 Å². The number of nitrogens with one attached hydrogen (secondary N) is 1. The molecule has 0 atom stereocenters. The molecule has 0 aliphatic rings. The van der Waals surface area contributed by atoms with Gasteiger partial charge in [0.1, 0.15) is 0 Å². The quantitative estimate of drug-likeness (QED) is 0.509. The molecule has 110 valence electrons. The number of sulfonamides is 1. The second-order valence-electron chi connectivity index (χ2n) is 4.00. The van der Waals surface area contributed by atoms with Gasteiger partial charge >= 0.3 is 0 Å². The molecule has 21 heavy (non-hydrogen) atoms. The Morgan fingerprint density at radius 2 is 1.86 bits per heavy atom. The lowest BCUT2D eigenvalue weighted by molar-refractivity contribution is -0.385. The highest BCUT2D eigenvalue weighted by molar-refractivity contribution is 7.92. The molecule has 0 heterocycles. The normalized spacial score (nSPS) is 11.1. The van der Waals surface area contributed by atoms with Gasteiger partial charge in [-0.05, 0) is 18.2 Å². The molecule has 2 aromatic carbocycles. The largest absolute Gasteiger partial charge is 0.504 e. The maximum atomic E-state index is 12.2. The number of non-ortho nitro benzene ring substituents is 1. The molecule has 2 rings (SSSR count). The van der Waals surface area contributed by atoms with Crippen molar-refractivity contribution in [3.63, 3.8) is 0 Å². The summed E-state index contributed by atoms with van der Waals surface area (Å²) in [5, 5.41) is 20.3. The smallest absolute Gasteiger partial charge is 0.270 e. The average molecular weight is 329 g/mol. The van der Waals surface area contributed by atoms with E-state index in [1.54, 1.807) is 0 Å². The molecule has 2 N–H and O–H groups in total. The Bertz CT molecular complexity index is 807. The van der Waals surface area contributed by atoms with E-state index < -0.39 is 20.7 Å². The molecule has 0 fully saturated rings. The predicted molar refractivity (Wildman–Crippen MR) is 77.0 cm³/mol. The molecule has 0 amide bonds. The van der Waals surface area contributed by atoms with E-state index in [-0.39, 0.29) is 21.3 Å². The molecule has 0 aliphatic heterocycles. The fraction of sp³-hybridized carbons (Fsp3) is 0. The first-order valence-electron chi connectivity index (χ1n) is 5.56. The molecule has 0 spiro atoms. The third kappa shape index (κ3) is 3.23. The van der Waals surface area contributed by atoms with Crippen LogP contribution in [0.5, 0.6) is 5.75 Å². The van der Waals surface area contributed by atoms with Crippen LogP contribution in [-0.4, -0.2) is 18.4 Å². The van der Waals surface area contributed by atoms with Crippen molar-refractivity contribution < 1.29 is 18.4 Å². The molecule has 0 saturated heterocycles. The highest BCUT2D eigenvalue weighted by Gasteiger charge is 2.19. The predicted octanol–water partition coefficient (Wildman–Crippen LogP) is 2.75. The fourth-order valence-electron chi connectivity index (χ4n) is 1.57. The zero-order valence-corrected chi connectivity index (χ0v) is 11.9. The first-order valence-corrected chi connectivity index (χ1v) is 7.42. The van der Waals surface area contributed by atoms with Gasteiger partial charge in [0, 0.05) is 12.1 Å². The van der Waals surface area contributed by atoms with E-state index in [0.29, 0.717) is 0 Å². The number of aromatic hydroxyl groups is 1. The molecule has 9 heteroatoms. The standard InChI is InChI=1S/C12H9ClN2O5S/c13-10-5-2-6-11(12(10)16)14-21(19,20)9-4-1-3-8(7-9)15(17)18/h1-7,14,16H. The average Bonchev–Trinajstić information content (AvgIpc) is 2.44. The minimum Gasteiger partial charge on any atom is -0.504 e. The molecular formula is C12H9ClN2O5S. The van der Waals surface area contributed by atoms with Crippen LogP contribution in [-0.2, 0) is 10.0 Å². The zero-order valence-electron chi connectivity index (χ0n) is 10.4. The van der Waals surface area contributed by atoms with Crippen molar-refractivity contribution >= 4 is 33.0 Å². The van der Waals surface area contributed by atoms with Crippen molar-refractivity contribution in [2.75, 3.05) is 4.72 Å². The summed E-state index contributed by atoms with van der Waals surface area (Å²) in [6.45, 7) is 0. The molecular weight excluding hydrogens is 320 g/mol. The first-order chi connectivity index (χ1) is 9.81. The summed E-state index contributed by atoms with van der Waals surface area (Å²) in [5.41, 5.74) is -0.470. The summed E-state index contributed by atoms with van der Waals surface area (Å²) in [4.78, 5) is 9.68. The minimum absolute atomic E-state index is 0.0192. The lowest BCUT2D eigenvalue weighted by atomic mass is 10.3. The van der Waals surface area contributed by atoms with Crippen LogP contribution in [0.4, 0.5) is 11.4 Å². The lowest BCUT2D eigenvalue weighted by Crippen LogP contribution is -2.13. The number of phenolic OH excluding ortho intramolecular Hbond substituents is 1. The van der Waals surface area contributed by atoms with Gasteiger partial charge in [0.05, 0.1) is 20.5 Å². The molecule has 0 aromatic heterocycles. The number of nitrogens with zero attached hydrogens (tertiary/aromatic N) is 1. The van der Waals surface area contributed by atoms with Gasteiger partial charge < -0.3 is 5.11 Å². The van der Waals surface area contributed by atoms with Crippen molar-refractivity contribution in [2.24, 2.45) is 0 Å². The number of anilines is 1. The van der Waals surface area contributed by atoms with Crippen molar-refractivity contribution in [2.45, 2.75) is 4.90 Å². The monoisotopic (exact) mass is 328 g/mol. The van der Waals surface area contributed by atoms with Gasteiger partial charge in [-0.15, -0.1) is 0 Å². The van der Waals surface area contributed by atoms with Crippen LogP contribution in [0.25, 0.3) is 0 Å². The lowest BCUT2D eigenvalue weighted by Gasteiger charge is -2.10. The number of para-hydroxylation sites is 1. The third-order valence-electron chi connectivity index (χ3n) is 2.57. The van der Waals surface area contributed by atoms with Crippen LogP contribution < -0.4 is 4.72 Å². The van der Waals surface area contributed by atoms with Gasteiger partial charge in [-0.3, -0.25) is 14.8 Å². The molecule has 0 aliphatic carbocycles. The highest BCUT2D eigenvalue weighted by Crippen LogP contribution is 2.32. The summed E-state index contributed by atoms with van der Waals surface area (Å²) in [6, 6.07) is 8.72. The second-order valence-corrected chi connectivity index (χ2v) is 6.09. The van der Waals surface area contributed by atoms with E-state index in [0.717, 1.165) is 6.07 Å². The maximum absolute atomic E-state index is 12.2. The molecule has 0 bridgehead atoms. The van der Waals surface area contributed by atoms with Gasteiger partial charge in [-0.2, -0.15) is 0 Å².